The molecule has 0 aliphatic heterocycles. The summed E-state index contributed by atoms with van der Waals surface area (Å²) in [7, 11) is 0. The molecule has 0 spiro atoms. The zero-order valence-electron chi connectivity index (χ0n) is 18.3. The van der Waals surface area contributed by atoms with E-state index in [0.29, 0.717) is 15.6 Å². The minimum absolute atomic E-state index is 0.0771. The predicted octanol–water partition coefficient (Wildman–Crippen LogP) is 6.06. The maximum absolute atomic E-state index is 13.7. The molecule has 0 atom stereocenters. The van der Waals surface area contributed by atoms with Gasteiger partial charge < -0.3 is 5.11 Å². The molecule has 2 aromatic heterocycles. The second-order valence-corrected chi connectivity index (χ2v) is 8.28. The van der Waals surface area contributed by atoms with Crippen molar-refractivity contribution in [1.82, 2.24) is 14.6 Å². The topological polar surface area (TPSA) is 50.4 Å². The highest BCUT2D eigenvalue weighted by Crippen LogP contribution is 2.34. The van der Waals surface area contributed by atoms with Crippen LogP contribution in [0.4, 0.5) is 26.3 Å². The Morgan fingerprint density at radius 1 is 0.800 bits per heavy atom. The molecule has 2 heterocycles. The van der Waals surface area contributed by atoms with Crippen LogP contribution >= 0.6 is 0 Å². The van der Waals surface area contributed by atoms with Crippen LogP contribution in [0.3, 0.4) is 0 Å². The number of aromatic nitrogens is 3. The van der Waals surface area contributed by atoms with E-state index in [9.17, 15) is 31.4 Å². The van der Waals surface area contributed by atoms with Gasteiger partial charge >= 0.3 is 12.4 Å². The number of hydrogen-bond donors (Lipinski definition) is 1. The third kappa shape index (κ3) is 5.15. The molecule has 0 saturated carbocycles. The first kappa shape index (κ1) is 24.3. The maximum Gasteiger partial charge on any atom is 0.433 e. The minimum Gasteiger partial charge on any atom is -0.386 e. The molecule has 0 radical (unpaired) electrons. The molecular weight excluding hydrogens is 472 g/mol. The van der Waals surface area contributed by atoms with Crippen molar-refractivity contribution in [2.24, 2.45) is 0 Å². The van der Waals surface area contributed by atoms with Gasteiger partial charge in [0.2, 0.25) is 0 Å². The summed E-state index contributed by atoms with van der Waals surface area (Å²) < 4.78 is 80.4. The Morgan fingerprint density at radius 2 is 1.40 bits per heavy atom. The standard InChI is InChI=1S/C25H17F6N3O/c1-23(2,35)18-9-4-15(5-10-18)3-6-17-14-32-34-21(25(29,30)31)13-20(33-22(17)34)16-7-11-19(12-8-16)24(26,27)28/h4-5,7-14,35H,1-2H3. The van der Waals surface area contributed by atoms with Crippen LogP contribution in [0.5, 0.6) is 0 Å². The van der Waals surface area contributed by atoms with E-state index < -0.39 is 29.2 Å². The number of alkyl halides is 6. The van der Waals surface area contributed by atoms with Crippen LogP contribution in [0.15, 0.2) is 60.8 Å². The van der Waals surface area contributed by atoms with Crippen LogP contribution < -0.4 is 0 Å². The number of fused-ring (bicyclic) bond motifs is 1. The molecule has 0 unspecified atom stereocenters. The van der Waals surface area contributed by atoms with E-state index >= 15 is 0 Å². The summed E-state index contributed by atoms with van der Waals surface area (Å²) in [6.45, 7) is 3.26. The second kappa shape index (κ2) is 8.43. The quantitative estimate of drug-likeness (QED) is 0.275. The normalized spacial score (nSPS) is 12.5. The number of benzene rings is 2. The fourth-order valence-corrected chi connectivity index (χ4v) is 3.33. The van der Waals surface area contributed by atoms with Crippen molar-refractivity contribution in [2.75, 3.05) is 0 Å². The third-order valence-corrected chi connectivity index (χ3v) is 5.20. The Hall–Kier alpha value is -3.84. The van der Waals surface area contributed by atoms with Crippen molar-refractivity contribution in [1.29, 1.82) is 0 Å². The van der Waals surface area contributed by atoms with Gasteiger partial charge in [0.25, 0.3) is 0 Å². The Morgan fingerprint density at radius 3 is 1.94 bits per heavy atom. The molecule has 0 saturated heterocycles. The average molecular weight is 489 g/mol. The smallest absolute Gasteiger partial charge is 0.386 e. The van der Waals surface area contributed by atoms with Gasteiger partial charge in [-0.3, -0.25) is 0 Å². The average Bonchev–Trinajstić information content (AvgIpc) is 3.18. The van der Waals surface area contributed by atoms with E-state index in [0.717, 1.165) is 36.5 Å². The number of nitrogens with zero attached hydrogens (tertiary/aromatic N) is 3. The number of rotatable bonds is 2. The molecule has 0 aliphatic rings. The summed E-state index contributed by atoms with van der Waals surface area (Å²) in [6.07, 6.45) is -8.23. The largest absolute Gasteiger partial charge is 0.433 e. The van der Waals surface area contributed by atoms with Gasteiger partial charge in [-0.05, 0) is 49.7 Å². The van der Waals surface area contributed by atoms with Crippen LogP contribution in [0, 0.1) is 11.8 Å². The van der Waals surface area contributed by atoms with Crippen LogP contribution in [0.25, 0.3) is 16.9 Å². The Balaban J connectivity index is 1.79. The number of aliphatic hydroxyl groups is 1. The first-order valence-corrected chi connectivity index (χ1v) is 10.2. The Labute approximate surface area is 195 Å². The monoisotopic (exact) mass is 489 g/mol. The van der Waals surface area contributed by atoms with Gasteiger partial charge in [0.05, 0.1) is 28.6 Å². The van der Waals surface area contributed by atoms with Crippen LogP contribution in [-0.4, -0.2) is 19.7 Å². The molecule has 4 aromatic rings. The summed E-state index contributed by atoms with van der Waals surface area (Å²) in [5.74, 6) is 5.58. The molecular formula is C25H17F6N3O. The molecule has 10 heteroatoms. The second-order valence-electron chi connectivity index (χ2n) is 8.28. The summed E-state index contributed by atoms with van der Waals surface area (Å²) >= 11 is 0. The molecule has 0 aliphatic carbocycles. The van der Waals surface area contributed by atoms with Gasteiger partial charge in [0, 0.05) is 11.1 Å². The lowest BCUT2D eigenvalue weighted by molar-refractivity contribution is -0.142. The first-order valence-electron chi connectivity index (χ1n) is 10.2. The summed E-state index contributed by atoms with van der Waals surface area (Å²) in [4.78, 5) is 4.21. The van der Waals surface area contributed by atoms with E-state index in [4.69, 9.17) is 0 Å². The first-order chi connectivity index (χ1) is 16.2. The Bertz CT molecular complexity index is 1430. The predicted molar refractivity (Wildman–Crippen MR) is 116 cm³/mol. The molecule has 0 amide bonds. The number of halogens is 6. The lowest BCUT2D eigenvalue weighted by atomic mass is 9.97. The van der Waals surface area contributed by atoms with Crippen molar-refractivity contribution in [3.05, 3.63) is 88.7 Å². The van der Waals surface area contributed by atoms with Gasteiger partial charge in [-0.2, -0.15) is 31.4 Å². The maximum atomic E-state index is 13.7. The summed E-state index contributed by atoms with van der Waals surface area (Å²) in [5, 5.41) is 13.8. The van der Waals surface area contributed by atoms with Gasteiger partial charge in [0.1, 0.15) is 0 Å². The highest BCUT2D eigenvalue weighted by molar-refractivity contribution is 5.67. The fourth-order valence-electron chi connectivity index (χ4n) is 3.33. The van der Waals surface area contributed by atoms with Crippen LogP contribution in [0.2, 0.25) is 0 Å². The molecule has 4 nitrogen and oxygen atoms in total. The summed E-state index contributed by atoms with van der Waals surface area (Å²) in [5.41, 5.74) is -2.06. The molecule has 1 N–H and O–H groups in total. The summed E-state index contributed by atoms with van der Waals surface area (Å²) in [6, 6.07) is 11.1. The lowest BCUT2D eigenvalue weighted by Gasteiger charge is -2.17. The van der Waals surface area contributed by atoms with Crippen molar-refractivity contribution in [3.63, 3.8) is 0 Å². The van der Waals surface area contributed by atoms with Crippen molar-refractivity contribution >= 4 is 5.65 Å². The Kier molecular flexibility index (Phi) is 5.85. The minimum atomic E-state index is -4.80. The molecule has 4 rings (SSSR count). The molecule has 35 heavy (non-hydrogen) atoms. The van der Waals surface area contributed by atoms with Gasteiger partial charge in [0.15, 0.2) is 11.3 Å². The van der Waals surface area contributed by atoms with Gasteiger partial charge in [-0.1, -0.05) is 36.1 Å². The third-order valence-electron chi connectivity index (χ3n) is 5.20. The number of hydrogen-bond acceptors (Lipinski definition) is 3. The van der Waals surface area contributed by atoms with Crippen LogP contribution in [0.1, 0.15) is 41.8 Å². The van der Waals surface area contributed by atoms with E-state index in [1.54, 1.807) is 38.1 Å². The molecule has 0 fully saturated rings. The van der Waals surface area contributed by atoms with E-state index in [2.05, 4.69) is 21.9 Å². The molecule has 180 valence electrons. The van der Waals surface area contributed by atoms with E-state index in [1.807, 2.05) is 0 Å². The molecule has 2 aromatic carbocycles. The zero-order chi connectivity index (χ0) is 25.6. The van der Waals surface area contributed by atoms with E-state index in [-0.39, 0.29) is 22.5 Å². The van der Waals surface area contributed by atoms with Crippen molar-refractivity contribution in [3.8, 4) is 23.1 Å². The SMILES string of the molecule is CC(C)(O)c1ccc(C#Cc2cnn3c(C(F)(F)F)cc(-c4ccc(C(F)(F)F)cc4)nc23)cc1. The highest BCUT2D eigenvalue weighted by Gasteiger charge is 2.36. The van der Waals surface area contributed by atoms with Crippen molar-refractivity contribution in [2.45, 2.75) is 31.8 Å². The lowest BCUT2D eigenvalue weighted by Crippen LogP contribution is -2.14. The molecule has 0 bridgehead atoms. The van der Waals surface area contributed by atoms with E-state index in [1.165, 1.54) is 0 Å². The van der Waals surface area contributed by atoms with Crippen molar-refractivity contribution < 1.29 is 31.4 Å². The zero-order valence-corrected chi connectivity index (χ0v) is 18.3. The highest BCUT2D eigenvalue weighted by atomic mass is 19.4. The fraction of sp³-hybridized carbons (Fsp3) is 0.200. The van der Waals surface area contributed by atoms with Crippen LogP contribution in [-0.2, 0) is 18.0 Å². The van der Waals surface area contributed by atoms with Gasteiger partial charge in [-0.15, -0.1) is 0 Å². The van der Waals surface area contributed by atoms with Gasteiger partial charge in [-0.25, -0.2) is 9.50 Å².